The van der Waals surface area contributed by atoms with Gasteiger partial charge in [0.1, 0.15) is 18.7 Å². The summed E-state index contributed by atoms with van der Waals surface area (Å²) in [6.45, 7) is 0.178. The maximum Gasteiger partial charge on any atom is 0.407 e. The predicted molar refractivity (Wildman–Crippen MR) is 124 cm³/mol. The minimum atomic E-state index is -1.18. The van der Waals surface area contributed by atoms with Gasteiger partial charge in [0.05, 0.1) is 0 Å². The molecule has 1 aliphatic rings. The number of benzene rings is 2. The summed E-state index contributed by atoms with van der Waals surface area (Å²) >= 11 is 0. The SMILES string of the molecule is C#CCC(NC(=O)OCC1c2ccccc2-c2ccccc21)C(=O)N[C@@H](CN(C)C)C(=O)O. The second kappa shape index (κ2) is 10.7. The number of nitrogens with zero attached hydrogens (tertiary/aromatic N) is 1. The van der Waals surface area contributed by atoms with Crippen molar-refractivity contribution < 1.29 is 24.2 Å². The highest BCUT2D eigenvalue weighted by atomic mass is 16.5. The van der Waals surface area contributed by atoms with Crippen molar-refractivity contribution in [2.75, 3.05) is 27.2 Å². The molecule has 0 aliphatic heterocycles. The summed E-state index contributed by atoms with van der Waals surface area (Å²) in [5.74, 6) is 0.339. The molecule has 1 aliphatic carbocycles. The van der Waals surface area contributed by atoms with E-state index in [-0.39, 0.29) is 25.5 Å². The van der Waals surface area contributed by atoms with Crippen molar-refractivity contribution in [3.63, 3.8) is 0 Å². The Labute approximate surface area is 192 Å². The lowest BCUT2D eigenvalue weighted by molar-refractivity contribution is -0.142. The van der Waals surface area contributed by atoms with Crippen LogP contribution in [0.15, 0.2) is 48.5 Å². The van der Waals surface area contributed by atoms with E-state index in [2.05, 4.69) is 16.6 Å². The number of carbonyl (C=O) groups excluding carboxylic acids is 2. The summed E-state index contributed by atoms with van der Waals surface area (Å²) in [5.41, 5.74) is 4.34. The van der Waals surface area contributed by atoms with Crippen molar-refractivity contribution in [1.29, 1.82) is 0 Å². The number of hydrogen-bond acceptors (Lipinski definition) is 5. The van der Waals surface area contributed by atoms with Gasteiger partial charge >= 0.3 is 12.1 Å². The molecular weight excluding hydrogens is 422 g/mol. The van der Waals surface area contributed by atoms with E-state index in [9.17, 15) is 19.5 Å². The van der Waals surface area contributed by atoms with Crippen LogP contribution in [0.4, 0.5) is 4.79 Å². The molecule has 0 aromatic heterocycles. The van der Waals surface area contributed by atoms with E-state index in [1.54, 1.807) is 19.0 Å². The number of fused-ring (bicyclic) bond motifs is 3. The monoisotopic (exact) mass is 449 g/mol. The zero-order valence-corrected chi connectivity index (χ0v) is 18.6. The van der Waals surface area contributed by atoms with Crippen LogP contribution in [-0.4, -0.2) is 67.3 Å². The summed E-state index contributed by atoms with van der Waals surface area (Å²) in [5, 5.41) is 14.2. The topological polar surface area (TPSA) is 108 Å². The number of carboxylic acid groups (broad SMARTS) is 1. The number of ether oxygens (including phenoxy) is 1. The molecule has 2 aromatic rings. The summed E-state index contributed by atoms with van der Waals surface area (Å²) in [4.78, 5) is 38.2. The number of nitrogens with one attached hydrogen (secondary N) is 2. The van der Waals surface area contributed by atoms with E-state index in [4.69, 9.17) is 11.2 Å². The van der Waals surface area contributed by atoms with Crippen LogP contribution in [0, 0.1) is 12.3 Å². The summed E-state index contributed by atoms with van der Waals surface area (Å²) in [7, 11) is 3.38. The van der Waals surface area contributed by atoms with Gasteiger partial charge < -0.3 is 25.4 Å². The average molecular weight is 450 g/mol. The average Bonchev–Trinajstić information content (AvgIpc) is 3.10. The predicted octanol–water partition coefficient (Wildman–Crippen LogP) is 2.05. The first-order valence-corrected chi connectivity index (χ1v) is 10.5. The molecule has 8 nitrogen and oxygen atoms in total. The van der Waals surface area contributed by atoms with Crippen molar-refractivity contribution in [2.24, 2.45) is 0 Å². The molecule has 2 amide bonds. The Hall–Kier alpha value is -3.83. The molecule has 2 atom stereocenters. The fraction of sp³-hybridized carbons (Fsp3) is 0.320. The van der Waals surface area contributed by atoms with E-state index < -0.39 is 30.1 Å². The van der Waals surface area contributed by atoms with Crippen LogP contribution in [-0.2, 0) is 14.3 Å². The van der Waals surface area contributed by atoms with Crippen LogP contribution >= 0.6 is 0 Å². The summed E-state index contributed by atoms with van der Waals surface area (Å²) < 4.78 is 5.46. The van der Waals surface area contributed by atoms with Gasteiger partial charge in [0, 0.05) is 18.9 Å². The lowest BCUT2D eigenvalue weighted by atomic mass is 9.98. The highest BCUT2D eigenvalue weighted by Gasteiger charge is 2.30. The Kier molecular flexibility index (Phi) is 7.70. The van der Waals surface area contributed by atoms with Gasteiger partial charge in [-0.15, -0.1) is 12.3 Å². The van der Waals surface area contributed by atoms with Crippen molar-refractivity contribution in [3.8, 4) is 23.5 Å². The zero-order valence-electron chi connectivity index (χ0n) is 18.6. The minimum Gasteiger partial charge on any atom is -0.480 e. The first kappa shape index (κ1) is 23.8. The Bertz CT molecular complexity index is 1030. The van der Waals surface area contributed by atoms with Gasteiger partial charge in [-0.05, 0) is 36.3 Å². The van der Waals surface area contributed by atoms with Crippen LogP contribution in [0.1, 0.15) is 23.5 Å². The lowest BCUT2D eigenvalue weighted by Crippen LogP contribution is -2.54. The Morgan fingerprint density at radius 1 is 1.03 bits per heavy atom. The van der Waals surface area contributed by atoms with Crippen molar-refractivity contribution in [2.45, 2.75) is 24.4 Å². The number of amides is 2. The normalized spacial score (nSPS) is 13.9. The van der Waals surface area contributed by atoms with E-state index in [1.807, 2.05) is 48.5 Å². The van der Waals surface area contributed by atoms with Crippen LogP contribution in [0.25, 0.3) is 11.1 Å². The molecule has 33 heavy (non-hydrogen) atoms. The van der Waals surface area contributed by atoms with E-state index >= 15 is 0 Å². The van der Waals surface area contributed by atoms with Crippen LogP contribution in [0.3, 0.4) is 0 Å². The van der Waals surface area contributed by atoms with Gasteiger partial charge in [-0.1, -0.05) is 48.5 Å². The number of rotatable bonds is 9. The number of terminal acetylenes is 1. The third-order valence-corrected chi connectivity index (χ3v) is 5.44. The van der Waals surface area contributed by atoms with E-state index in [0.717, 1.165) is 22.3 Å². The third kappa shape index (κ3) is 5.70. The fourth-order valence-electron chi connectivity index (χ4n) is 3.93. The van der Waals surface area contributed by atoms with Crippen LogP contribution < -0.4 is 10.6 Å². The molecule has 1 unspecified atom stereocenters. The standard InChI is InChI=1S/C25H27N3O5/c1-4-9-21(23(29)26-22(24(30)31)14-28(2)3)27-25(32)33-15-20-18-12-7-5-10-16(18)17-11-6-8-13-19(17)20/h1,5-8,10-13,20-22H,9,14-15H2,2-3H3,(H,26,29)(H,27,32)(H,30,31)/t21?,22-/m0/s1. The molecule has 0 spiro atoms. The summed E-state index contributed by atoms with van der Waals surface area (Å²) in [6, 6.07) is 13.6. The van der Waals surface area contributed by atoms with Crippen molar-refractivity contribution in [1.82, 2.24) is 15.5 Å². The molecule has 0 saturated carbocycles. The van der Waals surface area contributed by atoms with Gasteiger partial charge in [-0.3, -0.25) is 4.79 Å². The van der Waals surface area contributed by atoms with Gasteiger partial charge in [0.2, 0.25) is 5.91 Å². The Morgan fingerprint density at radius 3 is 2.12 bits per heavy atom. The molecule has 3 N–H and O–H groups in total. The first-order valence-electron chi connectivity index (χ1n) is 10.5. The largest absolute Gasteiger partial charge is 0.480 e. The minimum absolute atomic E-state index is 0.0859. The van der Waals surface area contributed by atoms with Crippen LogP contribution in [0.5, 0.6) is 0 Å². The van der Waals surface area contributed by atoms with Crippen LogP contribution in [0.2, 0.25) is 0 Å². The number of carboxylic acids is 1. The molecule has 2 aromatic carbocycles. The molecule has 0 bridgehead atoms. The van der Waals surface area contributed by atoms with Gasteiger partial charge in [0.25, 0.3) is 0 Å². The molecule has 172 valence electrons. The Balaban J connectivity index is 1.64. The van der Waals surface area contributed by atoms with Crippen molar-refractivity contribution >= 4 is 18.0 Å². The zero-order chi connectivity index (χ0) is 24.0. The number of aliphatic carboxylic acids is 1. The fourth-order valence-corrected chi connectivity index (χ4v) is 3.93. The van der Waals surface area contributed by atoms with Crippen molar-refractivity contribution in [3.05, 3.63) is 59.7 Å². The molecule has 0 radical (unpaired) electrons. The maximum atomic E-state index is 12.6. The number of hydrogen-bond donors (Lipinski definition) is 3. The maximum absolute atomic E-state index is 12.6. The lowest BCUT2D eigenvalue weighted by Gasteiger charge is -2.22. The second-order valence-corrected chi connectivity index (χ2v) is 8.09. The number of likely N-dealkylation sites (N-methyl/N-ethyl adjacent to an activating group) is 1. The number of carbonyl (C=O) groups is 3. The molecule has 0 saturated heterocycles. The quantitative estimate of drug-likeness (QED) is 0.506. The van der Waals surface area contributed by atoms with Gasteiger partial charge in [-0.25, -0.2) is 9.59 Å². The van der Waals surface area contributed by atoms with Gasteiger partial charge in [0.15, 0.2) is 0 Å². The van der Waals surface area contributed by atoms with E-state index in [0.29, 0.717) is 0 Å². The second-order valence-electron chi connectivity index (χ2n) is 8.09. The first-order chi connectivity index (χ1) is 15.8. The molecule has 0 heterocycles. The molecule has 0 fully saturated rings. The Morgan fingerprint density at radius 2 is 1.61 bits per heavy atom. The van der Waals surface area contributed by atoms with Gasteiger partial charge in [-0.2, -0.15) is 0 Å². The van der Waals surface area contributed by atoms with E-state index in [1.165, 1.54) is 0 Å². The molecular formula is C25H27N3O5. The molecule has 8 heteroatoms. The molecule has 3 rings (SSSR count). The smallest absolute Gasteiger partial charge is 0.407 e. The number of alkyl carbamates (subject to hydrolysis) is 1. The highest BCUT2D eigenvalue weighted by molar-refractivity contribution is 5.89. The highest BCUT2D eigenvalue weighted by Crippen LogP contribution is 2.44. The summed E-state index contributed by atoms with van der Waals surface area (Å²) in [6.07, 6.45) is 4.44. The third-order valence-electron chi connectivity index (χ3n) is 5.44.